The van der Waals surface area contributed by atoms with Gasteiger partial charge in [0.15, 0.2) is 0 Å². The number of hydrogen-bond acceptors (Lipinski definition) is 3. The van der Waals surface area contributed by atoms with Crippen molar-refractivity contribution >= 4 is 11.9 Å². The molecule has 0 saturated carbocycles. The maximum Gasteiger partial charge on any atom is 0.308 e. The molecule has 0 aromatic heterocycles. The van der Waals surface area contributed by atoms with Crippen LogP contribution in [0.4, 0.5) is 0 Å². The van der Waals surface area contributed by atoms with Gasteiger partial charge < -0.3 is 14.7 Å². The minimum atomic E-state index is -0.836. The summed E-state index contributed by atoms with van der Waals surface area (Å²) in [5.41, 5.74) is 0. The summed E-state index contributed by atoms with van der Waals surface area (Å²) in [6.07, 6.45) is 2.10. The number of carboxylic acids is 1. The largest absolute Gasteiger partial charge is 0.481 e. The lowest BCUT2D eigenvalue weighted by atomic mass is 10.1. The van der Waals surface area contributed by atoms with Gasteiger partial charge >= 0.3 is 5.97 Å². The highest BCUT2D eigenvalue weighted by Crippen LogP contribution is 2.16. The first kappa shape index (κ1) is 11.7. The zero-order valence-electron chi connectivity index (χ0n) is 8.52. The second-order valence-electron chi connectivity index (χ2n) is 3.47. The fourth-order valence-electron chi connectivity index (χ4n) is 1.51. The summed E-state index contributed by atoms with van der Waals surface area (Å²) in [7, 11) is 0. The van der Waals surface area contributed by atoms with E-state index in [0.717, 1.165) is 0 Å². The number of aliphatic carboxylic acids is 1. The summed E-state index contributed by atoms with van der Waals surface area (Å²) in [6.45, 7) is 4.60. The summed E-state index contributed by atoms with van der Waals surface area (Å²) in [5, 5.41) is 8.74. The lowest BCUT2D eigenvalue weighted by molar-refractivity contribution is -0.141. The summed E-state index contributed by atoms with van der Waals surface area (Å²) in [5.74, 6) is -1.41. The Hall–Kier alpha value is -1.36. The van der Waals surface area contributed by atoms with Crippen LogP contribution in [0.1, 0.15) is 6.42 Å². The molecular formula is C10H15NO4. The van der Waals surface area contributed by atoms with E-state index in [2.05, 4.69) is 6.58 Å². The van der Waals surface area contributed by atoms with Crippen LogP contribution in [0.2, 0.25) is 0 Å². The molecule has 1 atom stereocenters. The van der Waals surface area contributed by atoms with E-state index in [0.29, 0.717) is 26.1 Å². The van der Waals surface area contributed by atoms with Gasteiger partial charge in [-0.3, -0.25) is 9.59 Å². The standard InChI is InChI=1S/C10H15NO4/c1-2-5-15-7-9(12)11-4-3-8(6-11)10(13)14/h2,8H,1,3-7H2,(H,13,14). The summed E-state index contributed by atoms with van der Waals surface area (Å²) in [4.78, 5) is 23.6. The van der Waals surface area contributed by atoms with Gasteiger partial charge in [0.1, 0.15) is 6.61 Å². The van der Waals surface area contributed by atoms with Crippen LogP contribution in [0.25, 0.3) is 0 Å². The van der Waals surface area contributed by atoms with Crippen molar-refractivity contribution < 1.29 is 19.4 Å². The fourth-order valence-corrected chi connectivity index (χ4v) is 1.51. The third kappa shape index (κ3) is 3.36. The predicted octanol–water partition coefficient (Wildman–Crippen LogP) is 0.122. The third-order valence-electron chi connectivity index (χ3n) is 2.35. The van der Waals surface area contributed by atoms with Crippen LogP contribution in [-0.4, -0.2) is 48.2 Å². The molecule has 0 bridgehead atoms. The van der Waals surface area contributed by atoms with Crippen molar-refractivity contribution in [3.8, 4) is 0 Å². The van der Waals surface area contributed by atoms with E-state index in [-0.39, 0.29) is 12.5 Å². The number of amides is 1. The van der Waals surface area contributed by atoms with Gasteiger partial charge in [-0.2, -0.15) is 0 Å². The first-order valence-corrected chi connectivity index (χ1v) is 4.84. The normalized spacial score (nSPS) is 20.3. The van der Waals surface area contributed by atoms with Crippen molar-refractivity contribution in [3.05, 3.63) is 12.7 Å². The Morgan fingerprint density at radius 3 is 2.87 bits per heavy atom. The number of nitrogens with zero attached hydrogens (tertiary/aromatic N) is 1. The van der Waals surface area contributed by atoms with Gasteiger partial charge in [-0.25, -0.2) is 0 Å². The van der Waals surface area contributed by atoms with Gasteiger partial charge in [0.25, 0.3) is 0 Å². The van der Waals surface area contributed by atoms with Crippen LogP contribution in [-0.2, 0) is 14.3 Å². The van der Waals surface area contributed by atoms with E-state index in [1.54, 1.807) is 6.08 Å². The number of ether oxygens (including phenoxy) is 1. The molecule has 1 aliphatic heterocycles. The van der Waals surface area contributed by atoms with Gasteiger partial charge in [-0.05, 0) is 6.42 Å². The van der Waals surface area contributed by atoms with Crippen molar-refractivity contribution in [1.29, 1.82) is 0 Å². The van der Waals surface area contributed by atoms with Crippen molar-refractivity contribution in [3.63, 3.8) is 0 Å². The molecule has 0 radical (unpaired) electrons. The molecule has 1 heterocycles. The number of carboxylic acid groups (broad SMARTS) is 1. The molecule has 0 aromatic carbocycles. The fraction of sp³-hybridized carbons (Fsp3) is 0.600. The average molecular weight is 213 g/mol. The molecular weight excluding hydrogens is 198 g/mol. The highest BCUT2D eigenvalue weighted by molar-refractivity contribution is 5.79. The topological polar surface area (TPSA) is 66.8 Å². The minimum Gasteiger partial charge on any atom is -0.481 e. The molecule has 1 fully saturated rings. The van der Waals surface area contributed by atoms with Gasteiger partial charge in [-0.1, -0.05) is 6.08 Å². The van der Waals surface area contributed by atoms with Gasteiger partial charge in [0.05, 0.1) is 12.5 Å². The number of likely N-dealkylation sites (tertiary alicyclic amines) is 1. The Morgan fingerprint density at radius 1 is 1.60 bits per heavy atom. The monoisotopic (exact) mass is 213 g/mol. The molecule has 0 aliphatic carbocycles. The van der Waals surface area contributed by atoms with Crippen LogP contribution < -0.4 is 0 Å². The van der Waals surface area contributed by atoms with Crippen LogP contribution in [0.15, 0.2) is 12.7 Å². The summed E-state index contributed by atoms with van der Waals surface area (Å²) >= 11 is 0. The molecule has 1 rings (SSSR count). The maximum atomic E-state index is 11.5. The summed E-state index contributed by atoms with van der Waals surface area (Å²) in [6, 6.07) is 0. The number of carbonyl (C=O) groups is 2. The Kier molecular flexibility index (Phi) is 4.30. The molecule has 15 heavy (non-hydrogen) atoms. The van der Waals surface area contributed by atoms with Crippen molar-refractivity contribution in [1.82, 2.24) is 4.90 Å². The first-order valence-electron chi connectivity index (χ1n) is 4.84. The Labute approximate surface area is 88.3 Å². The van der Waals surface area contributed by atoms with E-state index in [1.807, 2.05) is 0 Å². The van der Waals surface area contributed by atoms with E-state index in [4.69, 9.17) is 9.84 Å². The smallest absolute Gasteiger partial charge is 0.308 e. The van der Waals surface area contributed by atoms with Crippen molar-refractivity contribution in [2.45, 2.75) is 6.42 Å². The van der Waals surface area contributed by atoms with E-state index >= 15 is 0 Å². The van der Waals surface area contributed by atoms with Gasteiger partial charge in [0, 0.05) is 13.1 Å². The van der Waals surface area contributed by atoms with Crippen LogP contribution in [0, 0.1) is 5.92 Å². The van der Waals surface area contributed by atoms with Gasteiger partial charge in [-0.15, -0.1) is 6.58 Å². The zero-order chi connectivity index (χ0) is 11.3. The summed E-state index contributed by atoms with van der Waals surface area (Å²) < 4.78 is 5.00. The molecule has 1 aliphatic rings. The lowest BCUT2D eigenvalue weighted by Crippen LogP contribution is -2.32. The second-order valence-corrected chi connectivity index (χ2v) is 3.47. The number of carbonyl (C=O) groups excluding carboxylic acids is 1. The van der Waals surface area contributed by atoms with Crippen LogP contribution in [0.5, 0.6) is 0 Å². The molecule has 1 N–H and O–H groups in total. The van der Waals surface area contributed by atoms with E-state index < -0.39 is 11.9 Å². The Bertz CT molecular complexity index is 264. The van der Waals surface area contributed by atoms with Crippen molar-refractivity contribution in [2.75, 3.05) is 26.3 Å². The maximum absolute atomic E-state index is 11.5. The van der Waals surface area contributed by atoms with Crippen LogP contribution in [0.3, 0.4) is 0 Å². The number of rotatable bonds is 5. The highest BCUT2D eigenvalue weighted by Gasteiger charge is 2.30. The highest BCUT2D eigenvalue weighted by atomic mass is 16.5. The molecule has 0 spiro atoms. The van der Waals surface area contributed by atoms with E-state index in [1.165, 1.54) is 4.90 Å². The SMILES string of the molecule is C=CCOCC(=O)N1CCC(C(=O)O)C1. The molecule has 1 amide bonds. The Morgan fingerprint density at radius 2 is 2.33 bits per heavy atom. The second kappa shape index (κ2) is 5.50. The first-order chi connectivity index (χ1) is 7.15. The molecule has 1 saturated heterocycles. The lowest BCUT2D eigenvalue weighted by Gasteiger charge is -2.15. The molecule has 0 aromatic rings. The van der Waals surface area contributed by atoms with Crippen LogP contribution >= 0.6 is 0 Å². The van der Waals surface area contributed by atoms with E-state index in [9.17, 15) is 9.59 Å². The molecule has 5 heteroatoms. The third-order valence-corrected chi connectivity index (χ3v) is 2.35. The Balaban J connectivity index is 2.30. The molecule has 84 valence electrons. The van der Waals surface area contributed by atoms with Crippen molar-refractivity contribution in [2.24, 2.45) is 5.92 Å². The quantitative estimate of drug-likeness (QED) is 0.520. The van der Waals surface area contributed by atoms with Gasteiger partial charge in [0.2, 0.25) is 5.91 Å². The molecule has 5 nitrogen and oxygen atoms in total. The average Bonchev–Trinajstić information content (AvgIpc) is 2.66. The predicted molar refractivity (Wildman–Crippen MR) is 53.3 cm³/mol. The minimum absolute atomic E-state index is 0.00163. The molecule has 1 unspecified atom stereocenters. The zero-order valence-corrected chi connectivity index (χ0v) is 8.52. The number of hydrogen-bond donors (Lipinski definition) is 1.